The molecule has 6 nitrogen and oxygen atoms in total. The van der Waals surface area contributed by atoms with Crippen molar-refractivity contribution in [1.82, 2.24) is 0 Å². The highest BCUT2D eigenvalue weighted by Crippen LogP contribution is 2.15. The molecule has 0 saturated heterocycles. The molecule has 0 spiro atoms. The minimum atomic E-state index is -0.785. The van der Waals surface area contributed by atoms with Crippen molar-refractivity contribution in [2.24, 2.45) is 10.9 Å². The van der Waals surface area contributed by atoms with Gasteiger partial charge in [0, 0.05) is 21.7 Å². The highest BCUT2D eigenvalue weighted by Gasteiger charge is 2.09. The smallest absolute Gasteiger partial charge is 0.380 e. The molecule has 1 aromatic carbocycles. The maximum Gasteiger partial charge on any atom is 0.437 e. The van der Waals surface area contributed by atoms with Gasteiger partial charge in [-0.3, -0.25) is 14.9 Å². The highest BCUT2D eigenvalue weighted by atomic mass is 35.5. The van der Waals surface area contributed by atoms with Crippen LogP contribution in [0.25, 0.3) is 0 Å². The van der Waals surface area contributed by atoms with Gasteiger partial charge in [-0.25, -0.2) is 4.79 Å². The molecule has 0 bridgehead atoms. The monoisotopic (exact) mass is 337 g/mol. The van der Waals surface area contributed by atoms with Crippen molar-refractivity contribution in [2.45, 2.75) is 6.92 Å². The summed E-state index contributed by atoms with van der Waals surface area (Å²) in [5, 5.41) is 8.22. The number of nitrogens with one attached hydrogen (secondary N) is 1. The quantitative estimate of drug-likeness (QED) is 0.293. The van der Waals surface area contributed by atoms with Crippen molar-refractivity contribution >= 4 is 46.3 Å². The zero-order chi connectivity index (χ0) is 16.1. The fourth-order valence-electron chi connectivity index (χ4n) is 1.47. The maximum absolute atomic E-state index is 11.6. The van der Waals surface area contributed by atoms with Gasteiger partial charge in [-0.05, 0) is 37.3 Å². The number of benzene rings is 1. The summed E-state index contributed by atoms with van der Waals surface area (Å²) in [6, 6.07) is 8.09. The van der Waals surface area contributed by atoms with Crippen LogP contribution in [0.2, 0.25) is 5.02 Å². The first-order chi connectivity index (χ1) is 10.5. The minimum Gasteiger partial charge on any atom is -0.380 e. The number of hydrogen-bond donors (Lipinski definition) is 2. The van der Waals surface area contributed by atoms with E-state index in [2.05, 4.69) is 15.3 Å². The number of carbonyl (C=O) groups is 2. The second kappa shape index (κ2) is 7.06. The van der Waals surface area contributed by atoms with E-state index in [4.69, 9.17) is 17.3 Å². The second-order valence-corrected chi connectivity index (χ2v) is 5.59. The lowest BCUT2D eigenvalue weighted by atomic mass is 10.2. The standard InChI is InChI=1S/C14H12ClN3O3S/c1-8(19)12-6-9(7-22-12)13(16)18-21-14(20)17-11-4-2-10(15)3-5-11/h2-7H,1H3,(H2,16,18)(H,17,20). The fourth-order valence-corrected chi connectivity index (χ4v) is 2.40. The molecule has 3 N–H and O–H groups in total. The molecule has 0 fully saturated rings. The fraction of sp³-hybridized carbons (Fsp3) is 0.0714. The third-order valence-electron chi connectivity index (χ3n) is 2.56. The molecule has 0 saturated carbocycles. The van der Waals surface area contributed by atoms with Crippen LogP contribution in [0.1, 0.15) is 22.2 Å². The van der Waals surface area contributed by atoms with Crippen molar-refractivity contribution in [1.29, 1.82) is 0 Å². The number of nitrogens with zero attached hydrogens (tertiary/aromatic N) is 1. The predicted octanol–water partition coefficient (Wildman–Crippen LogP) is 3.47. The summed E-state index contributed by atoms with van der Waals surface area (Å²) in [5.74, 6) is -0.0551. The van der Waals surface area contributed by atoms with E-state index in [0.717, 1.165) is 0 Å². The molecular formula is C14H12ClN3O3S. The van der Waals surface area contributed by atoms with Gasteiger partial charge in [0.2, 0.25) is 0 Å². The molecule has 114 valence electrons. The lowest BCUT2D eigenvalue weighted by Crippen LogP contribution is -2.17. The third-order valence-corrected chi connectivity index (χ3v) is 3.84. The Balaban J connectivity index is 1.96. The molecule has 0 atom stereocenters. The van der Waals surface area contributed by atoms with Crippen LogP contribution in [0.3, 0.4) is 0 Å². The van der Waals surface area contributed by atoms with E-state index in [1.165, 1.54) is 18.3 Å². The zero-order valence-electron chi connectivity index (χ0n) is 11.5. The third kappa shape index (κ3) is 4.31. The number of rotatable bonds is 4. The number of oxime groups is 1. The molecular weight excluding hydrogens is 326 g/mol. The Morgan fingerprint density at radius 1 is 1.32 bits per heavy atom. The summed E-state index contributed by atoms with van der Waals surface area (Å²) in [6.45, 7) is 1.46. The van der Waals surface area contributed by atoms with Crippen molar-refractivity contribution in [3.05, 3.63) is 51.2 Å². The number of carbonyl (C=O) groups excluding carboxylic acids is 2. The maximum atomic E-state index is 11.6. The summed E-state index contributed by atoms with van der Waals surface area (Å²) >= 11 is 6.98. The molecule has 1 amide bonds. The molecule has 1 heterocycles. The number of nitrogens with two attached hydrogens (primary N) is 1. The Morgan fingerprint density at radius 3 is 2.59 bits per heavy atom. The summed E-state index contributed by atoms with van der Waals surface area (Å²) in [7, 11) is 0. The molecule has 0 aliphatic rings. The van der Waals surface area contributed by atoms with Gasteiger partial charge in [-0.2, -0.15) is 0 Å². The number of anilines is 1. The van der Waals surface area contributed by atoms with Crippen molar-refractivity contribution in [3.8, 4) is 0 Å². The molecule has 0 aliphatic heterocycles. The number of Topliss-reactive ketones (excluding diaryl/α,β-unsaturated/α-hetero) is 1. The first-order valence-corrected chi connectivity index (χ1v) is 7.38. The van der Waals surface area contributed by atoms with E-state index in [0.29, 0.717) is 21.2 Å². The highest BCUT2D eigenvalue weighted by molar-refractivity contribution is 7.12. The Kier molecular flexibility index (Phi) is 5.13. The van der Waals surface area contributed by atoms with Gasteiger partial charge >= 0.3 is 6.09 Å². The van der Waals surface area contributed by atoms with Gasteiger partial charge in [0.25, 0.3) is 0 Å². The Hall–Kier alpha value is -2.38. The SMILES string of the molecule is CC(=O)c1cc(/C(N)=N\OC(=O)Nc2ccc(Cl)cc2)cs1. The van der Waals surface area contributed by atoms with Crippen molar-refractivity contribution in [2.75, 3.05) is 5.32 Å². The van der Waals surface area contributed by atoms with E-state index in [1.807, 2.05) is 0 Å². The molecule has 2 rings (SSSR count). The number of hydrogen-bond acceptors (Lipinski definition) is 5. The molecule has 0 aliphatic carbocycles. The van der Waals surface area contributed by atoms with Gasteiger partial charge in [0.05, 0.1) is 4.88 Å². The lowest BCUT2D eigenvalue weighted by molar-refractivity contribution is 0.102. The van der Waals surface area contributed by atoms with Crippen LogP contribution in [-0.4, -0.2) is 17.7 Å². The van der Waals surface area contributed by atoms with Crippen LogP contribution in [0, 0.1) is 0 Å². The summed E-state index contributed by atoms with van der Waals surface area (Å²) in [5.41, 5.74) is 6.73. The van der Waals surface area contributed by atoms with E-state index in [-0.39, 0.29) is 11.6 Å². The Labute approximate surface area is 135 Å². The topological polar surface area (TPSA) is 93.8 Å². The van der Waals surface area contributed by atoms with Gasteiger partial charge in [-0.1, -0.05) is 16.8 Å². The van der Waals surface area contributed by atoms with Gasteiger partial charge in [0.15, 0.2) is 11.6 Å². The van der Waals surface area contributed by atoms with Crippen molar-refractivity contribution < 1.29 is 14.4 Å². The van der Waals surface area contributed by atoms with Crippen LogP contribution in [-0.2, 0) is 4.84 Å². The average Bonchev–Trinajstić information content (AvgIpc) is 2.97. The number of amides is 1. The number of amidine groups is 1. The summed E-state index contributed by atoms with van der Waals surface area (Å²) in [4.78, 5) is 28.0. The second-order valence-electron chi connectivity index (χ2n) is 4.24. The molecule has 0 radical (unpaired) electrons. The van der Waals surface area contributed by atoms with Crippen LogP contribution in [0.15, 0.2) is 40.9 Å². The van der Waals surface area contributed by atoms with Crippen LogP contribution in [0.4, 0.5) is 10.5 Å². The van der Waals surface area contributed by atoms with Gasteiger partial charge in [-0.15, -0.1) is 11.3 Å². The predicted molar refractivity (Wildman–Crippen MR) is 86.6 cm³/mol. The number of halogens is 1. The minimum absolute atomic E-state index is 0.00926. The van der Waals surface area contributed by atoms with Crippen molar-refractivity contribution in [3.63, 3.8) is 0 Å². The Bertz CT molecular complexity index is 725. The molecule has 0 unspecified atom stereocenters. The average molecular weight is 338 g/mol. The lowest BCUT2D eigenvalue weighted by Gasteiger charge is -2.03. The van der Waals surface area contributed by atoms with E-state index < -0.39 is 6.09 Å². The zero-order valence-corrected chi connectivity index (χ0v) is 13.1. The van der Waals surface area contributed by atoms with Gasteiger partial charge in [0.1, 0.15) is 0 Å². The Morgan fingerprint density at radius 2 is 2.00 bits per heavy atom. The van der Waals surface area contributed by atoms with Crippen LogP contribution < -0.4 is 11.1 Å². The van der Waals surface area contributed by atoms with Gasteiger partial charge < -0.3 is 5.73 Å². The summed E-state index contributed by atoms with van der Waals surface area (Å²) < 4.78 is 0. The first kappa shape index (κ1) is 16.0. The first-order valence-electron chi connectivity index (χ1n) is 6.12. The van der Waals surface area contributed by atoms with E-state index in [9.17, 15) is 9.59 Å². The largest absolute Gasteiger partial charge is 0.437 e. The normalized spacial score (nSPS) is 11.1. The molecule has 1 aromatic heterocycles. The van der Waals surface area contributed by atoms with E-state index >= 15 is 0 Å². The molecule has 22 heavy (non-hydrogen) atoms. The summed E-state index contributed by atoms with van der Waals surface area (Å²) in [6.07, 6.45) is -0.785. The van der Waals surface area contributed by atoms with Crippen LogP contribution >= 0.6 is 22.9 Å². The number of ketones is 1. The van der Waals surface area contributed by atoms with Crippen LogP contribution in [0.5, 0.6) is 0 Å². The molecule has 2 aromatic rings. The molecule has 8 heteroatoms. The van der Waals surface area contributed by atoms with E-state index in [1.54, 1.807) is 35.7 Å². The number of thiophene rings is 1.